The minimum absolute atomic E-state index is 0.0877. The van der Waals surface area contributed by atoms with Crippen molar-refractivity contribution in [3.05, 3.63) is 11.6 Å². The standard InChI is InChI=1S/C22H32O4/c1-12-9-14-15(20(3)11-19(25)18(24)10-17(12)20)5-7-21(4)16(14)6-8-22(21,26)13(2)23/h10,12,14-16,19,25-26H,5-9,11H2,1-4H3/t12-,14?,15?,16?,19-,20+,21-,22-/m0/s1. The van der Waals surface area contributed by atoms with Gasteiger partial charge < -0.3 is 10.2 Å². The molecule has 0 bridgehead atoms. The molecule has 0 heterocycles. The monoisotopic (exact) mass is 360 g/mol. The van der Waals surface area contributed by atoms with Crippen molar-refractivity contribution in [3.63, 3.8) is 0 Å². The second-order valence-electron chi connectivity index (χ2n) is 10.1. The summed E-state index contributed by atoms with van der Waals surface area (Å²) in [6, 6.07) is 0. The van der Waals surface area contributed by atoms with Crippen molar-refractivity contribution in [1.82, 2.24) is 0 Å². The van der Waals surface area contributed by atoms with Gasteiger partial charge in [-0.15, -0.1) is 0 Å². The van der Waals surface area contributed by atoms with Crippen LogP contribution in [-0.2, 0) is 9.59 Å². The molecule has 4 aliphatic rings. The first-order valence-corrected chi connectivity index (χ1v) is 10.2. The molecular weight excluding hydrogens is 328 g/mol. The van der Waals surface area contributed by atoms with E-state index in [9.17, 15) is 19.8 Å². The average molecular weight is 360 g/mol. The molecule has 4 heteroatoms. The second kappa shape index (κ2) is 5.51. The topological polar surface area (TPSA) is 74.6 Å². The molecule has 26 heavy (non-hydrogen) atoms. The predicted molar refractivity (Wildman–Crippen MR) is 98.3 cm³/mol. The Labute approximate surface area is 156 Å². The van der Waals surface area contributed by atoms with E-state index in [1.54, 1.807) is 6.08 Å². The molecule has 0 spiro atoms. The molecule has 3 saturated carbocycles. The van der Waals surface area contributed by atoms with E-state index < -0.39 is 11.7 Å². The molecule has 0 amide bonds. The number of allylic oxidation sites excluding steroid dienone is 1. The number of carbonyl (C=O) groups is 2. The summed E-state index contributed by atoms with van der Waals surface area (Å²) in [4.78, 5) is 24.4. The highest BCUT2D eigenvalue weighted by Gasteiger charge is 2.66. The molecule has 0 saturated heterocycles. The van der Waals surface area contributed by atoms with Gasteiger partial charge in [-0.1, -0.05) is 26.3 Å². The van der Waals surface area contributed by atoms with Gasteiger partial charge in [0.1, 0.15) is 11.7 Å². The zero-order valence-corrected chi connectivity index (χ0v) is 16.4. The van der Waals surface area contributed by atoms with Gasteiger partial charge in [0, 0.05) is 5.41 Å². The lowest BCUT2D eigenvalue weighted by Gasteiger charge is -2.60. The van der Waals surface area contributed by atoms with Gasteiger partial charge in [0.05, 0.1) is 0 Å². The summed E-state index contributed by atoms with van der Waals surface area (Å²) in [5.41, 5.74) is -0.461. The molecule has 3 unspecified atom stereocenters. The SMILES string of the molecule is CC(=O)[C@@]1(O)CCC2C3C[C@H](C)C4=CC(=O)[C@@H](O)C[C@]4(C)C3CC[C@@]21C. The van der Waals surface area contributed by atoms with Gasteiger partial charge >= 0.3 is 0 Å². The van der Waals surface area contributed by atoms with E-state index in [1.165, 1.54) is 12.5 Å². The fraction of sp³-hybridized carbons (Fsp3) is 0.818. The van der Waals surface area contributed by atoms with Crippen LogP contribution in [0.15, 0.2) is 11.6 Å². The Morgan fingerprint density at radius 1 is 1.19 bits per heavy atom. The van der Waals surface area contributed by atoms with Crippen LogP contribution in [0.3, 0.4) is 0 Å². The average Bonchev–Trinajstić information content (AvgIpc) is 2.83. The van der Waals surface area contributed by atoms with Gasteiger partial charge in [-0.2, -0.15) is 0 Å². The maximum Gasteiger partial charge on any atom is 0.184 e. The van der Waals surface area contributed by atoms with Gasteiger partial charge in [-0.25, -0.2) is 0 Å². The summed E-state index contributed by atoms with van der Waals surface area (Å²) in [7, 11) is 0. The van der Waals surface area contributed by atoms with Crippen LogP contribution in [0.1, 0.15) is 66.2 Å². The molecule has 0 radical (unpaired) electrons. The van der Waals surface area contributed by atoms with Crippen molar-refractivity contribution in [1.29, 1.82) is 0 Å². The molecule has 144 valence electrons. The van der Waals surface area contributed by atoms with Crippen molar-refractivity contribution in [3.8, 4) is 0 Å². The van der Waals surface area contributed by atoms with Crippen molar-refractivity contribution < 1.29 is 19.8 Å². The summed E-state index contributed by atoms with van der Waals surface area (Å²) in [5.74, 6) is 1.28. The van der Waals surface area contributed by atoms with E-state index in [0.717, 1.165) is 25.7 Å². The predicted octanol–water partition coefficient (Wildman–Crippen LogP) is 3.06. The third kappa shape index (κ3) is 2.09. The lowest BCUT2D eigenvalue weighted by atomic mass is 9.44. The third-order valence-corrected chi connectivity index (χ3v) is 9.05. The van der Waals surface area contributed by atoms with Crippen molar-refractivity contribution in [2.24, 2.45) is 34.5 Å². The summed E-state index contributed by atoms with van der Waals surface area (Å²) in [5, 5.41) is 21.5. The Morgan fingerprint density at radius 3 is 2.50 bits per heavy atom. The van der Waals surface area contributed by atoms with Gasteiger partial charge in [0.15, 0.2) is 11.6 Å². The first kappa shape index (κ1) is 18.4. The normalized spacial score (nSPS) is 53.4. The molecule has 0 aromatic carbocycles. The first-order chi connectivity index (χ1) is 12.0. The fourth-order valence-electron chi connectivity index (χ4n) is 7.64. The van der Waals surface area contributed by atoms with Crippen LogP contribution in [-0.4, -0.2) is 33.5 Å². The number of hydrogen-bond donors (Lipinski definition) is 2. The highest BCUT2D eigenvalue weighted by molar-refractivity contribution is 5.95. The zero-order chi connectivity index (χ0) is 19.1. The lowest BCUT2D eigenvalue weighted by Crippen LogP contribution is -2.58. The zero-order valence-electron chi connectivity index (χ0n) is 16.4. The molecule has 0 aromatic rings. The Morgan fingerprint density at radius 2 is 1.85 bits per heavy atom. The van der Waals surface area contributed by atoms with E-state index in [4.69, 9.17) is 0 Å². The van der Waals surface area contributed by atoms with Crippen LogP contribution in [0, 0.1) is 34.5 Å². The number of carbonyl (C=O) groups excluding carboxylic acids is 2. The molecule has 4 nitrogen and oxygen atoms in total. The summed E-state index contributed by atoms with van der Waals surface area (Å²) >= 11 is 0. The Bertz CT molecular complexity index is 696. The van der Waals surface area contributed by atoms with Crippen molar-refractivity contribution >= 4 is 11.6 Å². The molecule has 0 aromatic heterocycles. The van der Waals surface area contributed by atoms with Crippen LogP contribution in [0.4, 0.5) is 0 Å². The van der Waals surface area contributed by atoms with E-state index in [2.05, 4.69) is 20.8 Å². The number of aliphatic hydroxyl groups is 2. The van der Waals surface area contributed by atoms with E-state index in [1.807, 2.05) is 0 Å². The molecule has 3 fully saturated rings. The van der Waals surface area contributed by atoms with Crippen LogP contribution in [0.2, 0.25) is 0 Å². The van der Waals surface area contributed by atoms with Crippen molar-refractivity contribution in [2.45, 2.75) is 77.9 Å². The van der Waals surface area contributed by atoms with Gasteiger partial charge in [-0.3, -0.25) is 9.59 Å². The molecule has 2 N–H and O–H groups in total. The highest BCUT2D eigenvalue weighted by atomic mass is 16.3. The largest absolute Gasteiger partial charge is 0.385 e. The Kier molecular flexibility index (Phi) is 3.89. The van der Waals surface area contributed by atoms with Gasteiger partial charge in [0.25, 0.3) is 0 Å². The van der Waals surface area contributed by atoms with E-state index in [0.29, 0.717) is 36.5 Å². The number of hydrogen-bond acceptors (Lipinski definition) is 4. The fourth-order valence-corrected chi connectivity index (χ4v) is 7.64. The number of aliphatic hydroxyl groups excluding tert-OH is 1. The number of Topliss-reactive ketones (excluding diaryl/α,β-unsaturated/α-hetero) is 1. The van der Waals surface area contributed by atoms with Crippen LogP contribution >= 0.6 is 0 Å². The molecule has 0 aliphatic heterocycles. The van der Waals surface area contributed by atoms with Gasteiger partial charge in [-0.05, 0) is 80.6 Å². The van der Waals surface area contributed by atoms with E-state index in [-0.39, 0.29) is 22.4 Å². The number of fused-ring (bicyclic) bond motifs is 5. The Hall–Kier alpha value is -1.00. The summed E-state index contributed by atoms with van der Waals surface area (Å²) in [6.45, 7) is 8.09. The molecular formula is C22H32O4. The van der Waals surface area contributed by atoms with E-state index >= 15 is 0 Å². The minimum Gasteiger partial charge on any atom is -0.385 e. The first-order valence-electron chi connectivity index (χ1n) is 10.2. The molecule has 4 aliphatic carbocycles. The highest BCUT2D eigenvalue weighted by Crippen LogP contribution is 2.68. The Balaban J connectivity index is 1.74. The van der Waals surface area contributed by atoms with Crippen LogP contribution in [0.25, 0.3) is 0 Å². The maximum atomic E-state index is 12.3. The molecule has 4 rings (SSSR count). The summed E-state index contributed by atoms with van der Waals surface area (Å²) in [6.07, 6.45) is 5.64. The quantitative estimate of drug-likeness (QED) is 0.754. The smallest absolute Gasteiger partial charge is 0.184 e. The maximum absolute atomic E-state index is 12.3. The third-order valence-electron chi connectivity index (χ3n) is 9.05. The lowest BCUT2D eigenvalue weighted by molar-refractivity contribution is -0.162. The van der Waals surface area contributed by atoms with Gasteiger partial charge in [0.2, 0.25) is 0 Å². The number of rotatable bonds is 1. The van der Waals surface area contributed by atoms with Crippen molar-refractivity contribution in [2.75, 3.05) is 0 Å². The second-order valence-corrected chi connectivity index (χ2v) is 10.1. The number of ketones is 2. The van der Waals surface area contributed by atoms with Crippen LogP contribution in [0.5, 0.6) is 0 Å². The molecule has 8 atom stereocenters. The summed E-state index contributed by atoms with van der Waals surface area (Å²) < 4.78 is 0. The minimum atomic E-state index is -1.19. The van der Waals surface area contributed by atoms with Crippen LogP contribution < -0.4 is 0 Å².